The van der Waals surface area contributed by atoms with E-state index in [0.717, 1.165) is 42.9 Å². The van der Waals surface area contributed by atoms with Gasteiger partial charge in [-0.25, -0.2) is 0 Å². The van der Waals surface area contributed by atoms with Gasteiger partial charge in [0.1, 0.15) is 4.88 Å². The summed E-state index contributed by atoms with van der Waals surface area (Å²) in [6.45, 7) is 4.92. The van der Waals surface area contributed by atoms with Gasteiger partial charge in [0.25, 0.3) is 5.91 Å². The number of aliphatic hydroxyl groups excluding tert-OH is 1. The summed E-state index contributed by atoms with van der Waals surface area (Å²) in [5.41, 5.74) is 0.776. The summed E-state index contributed by atoms with van der Waals surface area (Å²) in [4.78, 5) is 12.5. The number of hydrogen-bond donors (Lipinski definition) is 2. The van der Waals surface area contributed by atoms with E-state index < -0.39 is 0 Å². The summed E-state index contributed by atoms with van der Waals surface area (Å²) >= 11 is 1.15. The molecule has 0 bridgehead atoms. The number of nitrogens with zero attached hydrogens (tertiary/aromatic N) is 2. The Morgan fingerprint density at radius 1 is 1.33 bits per heavy atom. The highest BCUT2D eigenvalue weighted by atomic mass is 32.1. The molecule has 0 atom stereocenters. The molecule has 2 N–H and O–H groups in total. The molecule has 1 heterocycles. The van der Waals surface area contributed by atoms with E-state index in [-0.39, 0.29) is 18.4 Å². The molecule has 0 saturated carbocycles. The molecule has 5 nitrogen and oxygen atoms in total. The fourth-order valence-corrected chi connectivity index (χ4v) is 2.34. The van der Waals surface area contributed by atoms with Crippen LogP contribution < -0.4 is 5.32 Å². The van der Waals surface area contributed by atoms with E-state index in [1.165, 1.54) is 0 Å². The molecule has 0 unspecified atom stereocenters. The maximum absolute atomic E-state index is 11.9. The normalized spacial score (nSPS) is 10.9. The van der Waals surface area contributed by atoms with Crippen molar-refractivity contribution in [3.05, 3.63) is 10.6 Å². The number of aliphatic hydroxyl groups is 1. The molecule has 0 spiro atoms. The lowest BCUT2D eigenvalue weighted by Gasteiger charge is -2.05. The Labute approximate surface area is 112 Å². The van der Waals surface area contributed by atoms with E-state index in [0.29, 0.717) is 11.4 Å². The highest BCUT2D eigenvalue weighted by molar-refractivity contribution is 7.08. The standard InChI is InChI=1S/C12H21N3O2S/c1-9(2)10-11(18-15-14-10)12(17)13-7-5-3-4-6-8-16/h9,16H,3-8H2,1-2H3,(H,13,17). The minimum atomic E-state index is -0.0733. The number of carbonyl (C=O) groups excluding carboxylic acids is 1. The predicted octanol–water partition coefficient (Wildman–Crippen LogP) is 1.94. The van der Waals surface area contributed by atoms with Crippen molar-refractivity contribution in [2.45, 2.75) is 45.4 Å². The summed E-state index contributed by atoms with van der Waals surface area (Å²) in [5, 5.41) is 15.5. The SMILES string of the molecule is CC(C)c1nnsc1C(=O)NCCCCCCO. The van der Waals surface area contributed by atoms with Gasteiger partial charge < -0.3 is 10.4 Å². The van der Waals surface area contributed by atoms with Crippen molar-refractivity contribution in [2.24, 2.45) is 0 Å². The fraction of sp³-hybridized carbons (Fsp3) is 0.750. The molecule has 0 aliphatic carbocycles. The van der Waals surface area contributed by atoms with Gasteiger partial charge in [-0.3, -0.25) is 4.79 Å². The Morgan fingerprint density at radius 3 is 2.72 bits per heavy atom. The molecular formula is C12H21N3O2S. The molecule has 0 aromatic carbocycles. The van der Waals surface area contributed by atoms with Crippen LogP contribution in [0.3, 0.4) is 0 Å². The number of hydrogen-bond acceptors (Lipinski definition) is 5. The van der Waals surface area contributed by atoms with Gasteiger partial charge in [0.2, 0.25) is 0 Å². The van der Waals surface area contributed by atoms with Crippen LogP contribution >= 0.6 is 11.5 Å². The highest BCUT2D eigenvalue weighted by Gasteiger charge is 2.17. The molecule has 6 heteroatoms. The second-order valence-corrected chi connectivity index (χ2v) is 5.29. The van der Waals surface area contributed by atoms with Crippen molar-refractivity contribution in [3.8, 4) is 0 Å². The first-order valence-electron chi connectivity index (χ1n) is 6.38. The molecule has 1 amide bonds. The molecule has 102 valence electrons. The Morgan fingerprint density at radius 2 is 2.06 bits per heavy atom. The molecule has 1 aromatic heterocycles. The molecule has 18 heavy (non-hydrogen) atoms. The lowest BCUT2D eigenvalue weighted by atomic mass is 10.1. The second kappa shape index (κ2) is 8.16. The van der Waals surface area contributed by atoms with Crippen molar-refractivity contribution in [2.75, 3.05) is 13.2 Å². The molecule has 0 saturated heterocycles. The number of unbranched alkanes of at least 4 members (excludes halogenated alkanes) is 3. The highest BCUT2D eigenvalue weighted by Crippen LogP contribution is 2.19. The largest absolute Gasteiger partial charge is 0.396 e. The van der Waals surface area contributed by atoms with E-state index in [9.17, 15) is 4.79 Å². The smallest absolute Gasteiger partial charge is 0.264 e. The lowest BCUT2D eigenvalue weighted by molar-refractivity contribution is 0.0955. The van der Waals surface area contributed by atoms with Gasteiger partial charge in [0.05, 0.1) is 5.69 Å². The van der Waals surface area contributed by atoms with Crippen molar-refractivity contribution >= 4 is 17.4 Å². The Hall–Kier alpha value is -1.01. The van der Waals surface area contributed by atoms with Gasteiger partial charge in [-0.05, 0) is 30.3 Å². The molecule has 0 radical (unpaired) electrons. The number of rotatable bonds is 8. The predicted molar refractivity (Wildman–Crippen MR) is 71.9 cm³/mol. The summed E-state index contributed by atoms with van der Waals surface area (Å²) < 4.78 is 3.84. The first-order chi connectivity index (χ1) is 8.66. The Bertz CT molecular complexity index is 366. The summed E-state index contributed by atoms with van der Waals surface area (Å²) in [6.07, 6.45) is 3.81. The van der Waals surface area contributed by atoms with Crippen LogP contribution in [-0.4, -0.2) is 33.8 Å². The number of amides is 1. The molecular weight excluding hydrogens is 250 g/mol. The number of carbonyl (C=O) groups is 1. The van der Waals surface area contributed by atoms with E-state index in [1.54, 1.807) is 0 Å². The van der Waals surface area contributed by atoms with Crippen molar-refractivity contribution in [3.63, 3.8) is 0 Å². The van der Waals surface area contributed by atoms with Crippen LogP contribution in [-0.2, 0) is 0 Å². The van der Waals surface area contributed by atoms with Crippen LogP contribution in [0.1, 0.15) is 60.8 Å². The topological polar surface area (TPSA) is 75.1 Å². The third kappa shape index (κ3) is 4.70. The van der Waals surface area contributed by atoms with Gasteiger partial charge in [-0.15, -0.1) is 5.10 Å². The van der Waals surface area contributed by atoms with E-state index in [1.807, 2.05) is 13.8 Å². The molecule has 0 aliphatic rings. The van der Waals surface area contributed by atoms with Crippen molar-refractivity contribution in [1.29, 1.82) is 0 Å². The van der Waals surface area contributed by atoms with Gasteiger partial charge >= 0.3 is 0 Å². The number of nitrogens with one attached hydrogen (secondary N) is 1. The Balaban J connectivity index is 2.30. The minimum absolute atomic E-state index is 0.0733. The van der Waals surface area contributed by atoms with Crippen LogP contribution in [0.4, 0.5) is 0 Å². The molecule has 0 fully saturated rings. The van der Waals surface area contributed by atoms with Crippen LogP contribution in [0.15, 0.2) is 0 Å². The third-order valence-electron chi connectivity index (χ3n) is 2.64. The van der Waals surface area contributed by atoms with Gasteiger partial charge in [0.15, 0.2) is 0 Å². The van der Waals surface area contributed by atoms with E-state index in [4.69, 9.17) is 5.11 Å². The Kier molecular flexibility index (Phi) is 6.82. The van der Waals surface area contributed by atoms with E-state index in [2.05, 4.69) is 14.9 Å². The zero-order valence-corrected chi connectivity index (χ0v) is 11.8. The first kappa shape index (κ1) is 15.0. The average molecular weight is 271 g/mol. The van der Waals surface area contributed by atoms with Crippen molar-refractivity contribution < 1.29 is 9.90 Å². The van der Waals surface area contributed by atoms with Gasteiger partial charge in [0, 0.05) is 13.2 Å². The van der Waals surface area contributed by atoms with Crippen LogP contribution in [0, 0.1) is 0 Å². The molecule has 0 aliphatic heterocycles. The summed E-state index contributed by atoms with van der Waals surface area (Å²) in [5.74, 6) is 0.143. The maximum Gasteiger partial charge on any atom is 0.264 e. The van der Waals surface area contributed by atoms with Crippen molar-refractivity contribution in [1.82, 2.24) is 14.9 Å². The van der Waals surface area contributed by atoms with Crippen LogP contribution in [0.25, 0.3) is 0 Å². The summed E-state index contributed by atoms with van der Waals surface area (Å²) in [6, 6.07) is 0. The van der Waals surface area contributed by atoms with E-state index >= 15 is 0 Å². The van der Waals surface area contributed by atoms with Crippen LogP contribution in [0.2, 0.25) is 0 Å². The molecule has 1 rings (SSSR count). The minimum Gasteiger partial charge on any atom is -0.396 e. The maximum atomic E-state index is 11.9. The average Bonchev–Trinajstić information content (AvgIpc) is 2.82. The molecule has 1 aromatic rings. The zero-order chi connectivity index (χ0) is 13.4. The fourth-order valence-electron chi connectivity index (χ4n) is 1.61. The van der Waals surface area contributed by atoms with Crippen LogP contribution in [0.5, 0.6) is 0 Å². The number of aromatic nitrogens is 2. The first-order valence-corrected chi connectivity index (χ1v) is 7.15. The second-order valence-electron chi connectivity index (χ2n) is 4.54. The summed E-state index contributed by atoms with van der Waals surface area (Å²) in [7, 11) is 0. The lowest BCUT2D eigenvalue weighted by Crippen LogP contribution is -2.24. The van der Waals surface area contributed by atoms with Gasteiger partial charge in [-0.2, -0.15) is 0 Å². The monoisotopic (exact) mass is 271 g/mol. The quantitative estimate of drug-likeness (QED) is 0.709. The zero-order valence-electron chi connectivity index (χ0n) is 11.0. The third-order valence-corrected chi connectivity index (χ3v) is 3.38. The van der Waals surface area contributed by atoms with Gasteiger partial charge in [-0.1, -0.05) is 31.2 Å².